The summed E-state index contributed by atoms with van der Waals surface area (Å²) < 4.78 is 4.96. The van der Waals surface area contributed by atoms with E-state index in [0.29, 0.717) is 25.9 Å². The molecule has 0 aromatic carbocycles. The Morgan fingerprint density at radius 2 is 1.72 bits per heavy atom. The van der Waals surface area contributed by atoms with Crippen molar-refractivity contribution in [3.8, 4) is 0 Å². The minimum atomic E-state index is -0.813. The Kier molecular flexibility index (Phi) is 6.02. The highest BCUT2D eigenvalue weighted by atomic mass is 16.5. The van der Waals surface area contributed by atoms with Gasteiger partial charge < -0.3 is 14.5 Å². The van der Waals surface area contributed by atoms with Gasteiger partial charge in [-0.05, 0) is 26.7 Å². The molecule has 8 nitrogen and oxygen atoms in total. The number of hydrogen-bond donors (Lipinski definition) is 0. The summed E-state index contributed by atoms with van der Waals surface area (Å²) in [6, 6.07) is -0.473. The van der Waals surface area contributed by atoms with E-state index < -0.39 is 24.1 Å². The van der Waals surface area contributed by atoms with Gasteiger partial charge in [-0.25, -0.2) is 4.79 Å². The number of rotatable bonds is 6. The van der Waals surface area contributed by atoms with Gasteiger partial charge in [-0.3, -0.25) is 19.3 Å². The molecule has 0 bridgehead atoms. The number of ether oxygens (including phenoxy) is 1. The van der Waals surface area contributed by atoms with Crippen LogP contribution in [0, 0.1) is 0 Å². The molecule has 1 spiro atoms. The molecular weight excluding hydrogens is 326 g/mol. The maximum atomic E-state index is 12.8. The lowest BCUT2D eigenvalue weighted by molar-refractivity contribution is -0.153. The molecule has 1 aliphatic heterocycles. The lowest BCUT2D eigenvalue weighted by atomic mass is 9.81. The van der Waals surface area contributed by atoms with Crippen molar-refractivity contribution in [3.63, 3.8) is 0 Å². The van der Waals surface area contributed by atoms with Crippen molar-refractivity contribution in [1.82, 2.24) is 14.7 Å². The number of imide groups is 1. The Balaban J connectivity index is 1.95. The van der Waals surface area contributed by atoms with E-state index in [1.807, 2.05) is 13.8 Å². The van der Waals surface area contributed by atoms with Gasteiger partial charge in [-0.2, -0.15) is 0 Å². The van der Waals surface area contributed by atoms with Crippen LogP contribution >= 0.6 is 0 Å². The van der Waals surface area contributed by atoms with Crippen LogP contribution in [-0.4, -0.2) is 77.3 Å². The zero-order valence-corrected chi connectivity index (χ0v) is 15.2. The molecular formula is C17H27N3O5. The highest BCUT2D eigenvalue weighted by molar-refractivity contribution is 6.08. The van der Waals surface area contributed by atoms with Crippen molar-refractivity contribution in [3.05, 3.63) is 0 Å². The quantitative estimate of drug-likeness (QED) is 0.525. The van der Waals surface area contributed by atoms with Crippen LogP contribution < -0.4 is 0 Å². The molecule has 0 atom stereocenters. The lowest BCUT2D eigenvalue weighted by Gasteiger charge is -2.35. The first kappa shape index (κ1) is 19.2. The maximum absolute atomic E-state index is 12.8. The van der Waals surface area contributed by atoms with Crippen LogP contribution in [0.1, 0.15) is 46.0 Å². The molecule has 1 heterocycles. The van der Waals surface area contributed by atoms with E-state index in [1.54, 1.807) is 11.9 Å². The predicted octanol–water partition coefficient (Wildman–Crippen LogP) is 0.995. The van der Waals surface area contributed by atoms with Gasteiger partial charge in [0, 0.05) is 20.1 Å². The Labute approximate surface area is 148 Å². The number of urea groups is 1. The summed E-state index contributed by atoms with van der Waals surface area (Å²) in [5.41, 5.74) is -0.813. The molecule has 0 N–H and O–H groups in total. The molecule has 0 unspecified atom stereocenters. The third-order valence-corrected chi connectivity index (χ3v) is 5.24. The van der Waals surface area contributed by atoms with Gasteiger partial charge in [-0.1, -0.05) is 19.3 Å². The molecule has 2 fully saturated rings. The molecule has 2 rings (SSSR count). The van der Waals surface area contributed by atoms with E-state index in [2.05, 4.69) is 0 Å². The van der Waals surface area contributed by atoms with Gasteiger partial charge in [0.05, 0.1) is 0 Å². The van der Waals surface area contributed by atoms with Gasteiger partial charge >= 0.3 is 12.0 Å². The van der Waals surface area contributed by atoms with E-state index in [4.69, 9.17) is 4.74 Å². The summed E-state index contributed by atoms with van der Waals surface area (Å²) in [4.78, 5) is 53.0. The number of amides is 4. The maximum Gasteiger partial charge on any atom is 0.327 e. The summed E-state index contributed by atoms with van der Waals surface area (Å²) in [6.45, 7) is 3.91. The number of nitrogens with zero attached hydrogens (tertiary/aromatic N) is 3. The first-order chi connectivity index (χ1) is 11.9. The molecule has 0 aromatic rings. The first-order valence-corrected chi connectivity index (χ1v) is 8.90. The van der Waals surface area contributed by atoms with Crippen molar-refractivity contribution in [2.75, 3.05) is 33.3 Å². The monoisotopic (exact) mass is 353 g/mol. The average molecular weight is 353 g/mol. The van der Waals surface area contributed by atoms with Gasteiger partial charge in [0.2, 0.25) is 0 Å². The predicted molar refractivity (Wildman–Crippen MR) is 89.6 cm³/mol. The van der Waals surface area contributed by atoms with Crippen LogP contribution in [0.25, 0.3) is 0 Å². The molecule has 0 aromatic heterocycles. The lowest BCUT2D eigenvalue weighted by Crippen LogP contribution is -2.49. The summed E-state index contributed by atoms with van der Waals surface area (Å²) in [5, 5.41) is 0. The van der Waals surface area contributed by atoms with Crippen LogP contribution in [0.2, 0.25) is 0 Å². The Bertz CT molecular complexity index is 552. The first-order valence-electron chi connectivity index (χ1n) is 8.90. The van der Waals surface area contributed by atoms with Crippen LogP contribution in [0.15, 0.2) is 0 Å². The van der Waals surface area contributed by atoms with Gasteiger partial charge in [0.15, 0.2) is 6.61 Å². The van der Waals surface area contributed by atoms with Crippen molar-refractivity contribution < 1.29 is 23.9 Å². The molecule has 1 saturated heterocycles. The summed E-state index contributed by atoms with van der Waals surface area (Å²) in [5.74, 6) is -1.37. The molecule has 1 aliphatic carbocycles. The number of carbonyl (C=O) groups excluding carboxylic acids is 4. The fourth-order valence-electron chi connectivity index (χ4n) is 3.66. The van der Waals surface area contributed by atoms with E-state index >= 15 is 0 Å². The summed E-state index contributed by atoms with van der Waals surface area (Å²) >= 11 is 0. The van der Waals surface area contributed by atoms with Crippen molar-refractivity contribution >= 4 is 23.8 Å². The number of esters is 1. The van der Waals surface area contributed by atoms with Gasteiger partial charge in [-0.15, -0.1) is 0 Å². The molecule has 0 radical (unpaired) electrons. The third kappa shape index (κ3) is 3.62. The van der Waals surface area contributed by atoms with E-state index in [-0.39, 0.29) is 18.4 Å². The molecule has 2 aliphatic rings. The third-order valence-electron chi connectivity index (χ3n) is 5.24. The topological polar surface area (TPSA) is 87.2 Å². The van der Waals surface area contributed by atoms with Crippen molar-refractivity contribution in [1.29, 1.82) is 0 Å². The van der Waals surface area contributed by atoms with E-state index in [0.717, 1.165) is 24.2 Å². The fourth-order valence-corrected chi connectivity index (χ4v) is 3.66. The molecule has 8 heteroatoms. The zero-order valence-electron chi connectivity index (χ0n) is 15.2. The molecule has 140 valence electrons. The highest BCUT2D eigenvalue weighted by Gasteiger charge is 2.55. The smallest absolute Gasteiger partial charge is 0.327 e. The second kappa shape index (κ2) is 7.84. The molecule has 1 saturated carbocycles. The average Bonchev–Trinajstić information content (AvgIpc) is 2.78. The largest absolute Gasteiger partial charge is 0.454 e. The Morgan fingerprint density at radius 3 is 2.28 bits per heavy atom. The number of carbonyl (C=O) groups is 4. The molecule has 25 heavy (non-hydrogen) atoms. The summed E-state index contributed by atoms with van der Waals surface area (Å²) in [6.07, 6.45) is 4.08. The fraction of sp³-hybridized carbons (Fsp3) is 0.765. The Hall–Kier alpha value is -2.12. The summed E-state index contributed by atoms with van der Waals surface area (Å²) in [7, 11) is 1.61. The normalized spacial score (nSPS) is 19.5. The number of likely N-dealkylation sites (N-methyl/N-ethyl adjacent to an activating group) is 2. The SMILES string of the molecule is CCN(CC)C(=O)COC(=O)CN1C(=O)N(C)C2(CCCCC2)C1=O. The van der Waals surface area contributed by atoms with Crippen LogP contribution in [0.3, 0.4) is 0 Å². The zero-order chi connectivity index (χ0) is 18.6. The van der Waals surface area contributed by atoms with Gasteiger partial charge in [0.1, 0.15) is 12.1 Å². The second-order valence-electron chi connectivity index (χ2n) is 6.55. The highest BCUT2D eigenvalue weighted by Crippen LogP contribution is 2.39. The van der Waals surface area contributed by atoms with Crippen LogP contribution in [0.5, 0.6) is 0 Å². The minimum Gasteiger partial charge on any atom is -0.454 e. The minimum absolute atomic E-state index is 0.293. The molecule has 4 amide bonds. The standard InChI is InChI=1S/C17H27N3O5/c1-4-19(5-2)13(21)12-25-14(22)11-20-15(23)17(18(3)16(20)24)9-7-6-8-10-17/h4-12H2,1-3H3. The number of hydrogen-bond acceptors (Lipinski definition) is 5. The Morgan fingerprint density at radius 1 is 1.12 bits per heavy atom. The van der Waals surface area contributed by atoms with Gasteiger partial charge in [0.25, 0.3) is 11.8 Å². The van der Waals surface area contributed by atoms with E-state index in [9.17, 15) is 19.2 Å². The second-order valence-corrected chi connectivity index (χ2v) is 6.55. The van der Waals surface area contributed by atoms with Crippen LogP contribution in [0.4, 0.5) is 4.79 Å². The van der Waals surface area contributed by atoms with Crippen molar-refractivity contribution in [2.24, 2.45) is 0 Å². The van der Waals surface area contributed by atoms with Crippen molar-refractivity contribution in [2.45, 2.75) is 51.5 Å². The van der Waals surface area contributed by atoms with Crippen LogP contribution in [-0.2, 0) is 19.1 Å². The van der Waals surface area contributed by atoms with E-state index in [1.165, 1.54) is 4.90 Å².